The van der Waals surface area contributed by atoms with Crippen LogP contribution in [0.3, 0.4) is 0 Å². The second-order valence-electron chi connectivity index (χ2n) is 7.33. The third-order valence-electron chi connectivity index (χ3n) is 5.47. The van der Waals surface area contributed by atoms with Crippen LogP contribution in [0, 0.1) is 5.92 Å². The lowest BCUT2D eigenvalue weighted by Gasteiger charge is -2.23. The maximum atomic E-state index is 13.1. The summed E-state index contributed by atoms with van der Waals surface area (Å²) in [7, 11) is 0. The van der Waals surface area contributed by atoms with E-state index in [1.54, 1.807) is 12.4 Å². The molecule has 0 radical (unpaired) electrons. The number of aromatic nitrogens is 2. The fourth-order valence-electron chi connectivity index (χ4n) is 4.04. The Balaban J connectivity index is 1.59. The largest absolute Gasteiger partial charge is 0.368 e. The van der Waals surface area contributed by atoms with Crippen LogP contribution in [0.2, 0.25) is 0 Å². The molecule has 1 saturated carbocycles. The molecular weight excluding hydrogens is 348 g/mol. The number of nitrogens with zero attached hydrogens (tertiary/aromatic N) is 2. The first-order valence-electron chi connectivity index (χ1n) is 9.74. The van der Waals surface area contributed by atoms with Gasteiger partial charge in [0.05, 0.1) is 5.92 Å². The van der Waals surface area contributed by atoms with Gasteiger partial charge in [0.25, 0.3) is 0 Å². The summed E-state index contributed by atoms with van der Waals surface area (Å²) in [5.74, 6) is 0.578. The summed E-state index contributed by atoms with van der Waals surface area (Å²) in [4.78, 5) is 21.3. The molecule has 1 fully saturated rings. The number of nitrogen functional groups attached to an aromatic ring is 1. The molecule has 3 N–H and O–H groups in total. The number of nitrogens with two attached hydrogens (primary N) is 1. The van der Waals surface area contributed by atoms with Gasteiger partial charge in [-0.3, -0.25) is 4.79 Å². The Morgan fingerprint density at radius 2 is 1.57 bits per heavy atom. The van der Waals surface area contributed by atoms with E-state index in [0.29, 0.717) is 5.92 Å². The summed E-state index contributed by atoms with van der Waals surface area (Å²) < 4.78 is 0. The van der Waals surface area contributed by atoms with Gasteiger partial charge < -0.3 is 11.1 Å². The van der Waals surface area contributed by atoms with E-state index in [4.69, 9.17) is 5.73 Å². The average Bonchev–Trinajstić information content (AvgIpc) is 3.24. The Labute approximate surface area is 165 Å². The van der Waals surface area contributed by atoms with Gasteiger partial charge in [-0.15, -0.1) is 0 Å². The van der Waals surface area contributed by atoms with Crippen LogP contribution < -0.4 is 11.1 Å². The summed E-state index contributed by atoms with van der Waals surface area (Å²) in [6.45, 7) is 0. The first-order chi connectivity index (χ1) is 13.7. The molecule has 142 valence electrons. The smallest absolute Gasteiger partial charge is 0.232 e. The second kappa shape index (κ2) is 8.21. The molecule has 1 atom stereocenters. The molecule has 1 amide bonds. The first kappa shape index (κ1) is 18.2. The zero-order chi connectivity index (χ0) is 19.3. The number of carbonyl (C=O) groups is 1. The number of carbonyl (C=O) groups excluding carboxylic acids is 1. The molecular formula is C23H24N4O. The van der Waals surface area contributed by atoms with E-state index in [0.717, 1.165) is 35.2 Å². The third kappa shape index (κ3) is 4.03. The second-order valence-corrected chi connectivity index (χ2v) is 7.33. The predicted molar refractivity (Wildman–Crippen MR) is 112 cm³/mol. The van der Waals surface area contributed by atoms with E-state index in [2.05, 4.69) is 27.4 Å². The van der Waals surface area contributed by atoms with Crippen molar-refractivity contribution in [3.8, 4) is 11.1 Å². The molecule has 5 nitrogen and oxygen atoms in total. The van der Waals surface area contributed by atoms with Gasteiger partial charge in [-0.2, -0.15) is 0 Å². The Morgan fingerprint density at radius 3 is 2.21 bits per heavy atom. The third-order valence-corrected chi connectivity index (χ3v) is 5.47. The van der Waals surface area contributed by atoms with E-state index < -0.39 is 0 Å². The number of anilines is 2. The molecule has 5 heteroatoms. The highest BCUT2D eigenvalue weighted by Crippen LogP contribution is 2.38. The van der Waals surface area contributed by atoms with Gasteiger partial charge in [0.2, 0.25) is 11.9 Å². The van der Waals surface area contributed by atoms with Crippen molar-refractivity contribution < 1.29 is 4.79 Å². The van der Waals surface area contributed by atoms with Gasteiger partial charge in [-0.1, -0.05) is 55.3 Å². The van der Waals surface area contributed by atoms with Gasteiger partial charge in [0, 0.05) is 23.6 Å². The fourth-order valence-corrected chi connectivity index (χ4v) is 4.04. The van der Waals surface area contributed by atoms with Crippen molar-refractivity contribution >= 4 is 17.5 Å². The molecule has 1 aliphatic rings. The van der Waals surface area contributed by atoms with Crippen molar-refractivity contribution in [2.45, 2.75) is 31.6 Å². The van der Waals surface area contributed by atoms with E-state index in [1.807, 2.05) is 42.5 Å². The lowest BCUT2D eigenvalue weighted by Crippen LogP contribution is -2.26. The van der Waals surface area contributed by atoms with Crippen molar-refractivity contribution in [2.24, 2.45) is 5.92 Å². The van der Waals surface area contributed by atoms with Crippen molar-refractivity contribution in [3.63, 3.8) is 0 Å². The van der Waals surface area contributed by atoms with E-state index in [1.165, 1.54) is 12.8 Å². The van der Waals surface area contributed by atoms with Crippen LogP contribution in [0.25, 0.3) is 11.1 Å². The Kier molecular flexibility index (Phi) is 5.33. The zero-order valence-corrected chi connectivity index (χ0v) is 15.7. The molecule has 1 aliphatic carbocycles. The number of hydrogen-bond donors (Lipinski definition) is 2. The molecule has 1 heterocycles. The number of rotatable bonds is 5. The molecule has 0 spiro atoms. The minimum absolute atomic E-state index is 0.0710. The number of amides is 1. The zero-order valence-electron chi connectivity index (χ0n) is 15.7. The molecule has 0 aliphatic heterocycles. The van der Waals surface area contributed by atoms with Gasteiger partial charge in [0.15, 0.2) is 0 Å². The highest BCUT2D eigenvalue weighted by molar-refractivity contribution is 5.96. The molecule has 1 unspecified atom stereocenters. The number of nitrogens with one attached hydrogen (secondary N) is 1. The van der Waals surface area contributed by atoms with Crippen molar-refractivity contribution in [1.82, 2.24) is 9.97 Å². The summed E-state index contributed by atoms with van der Waals surface area (Å²) in [6.07, 6.45) is 8.02. The van der Waals surface area contributed by atoms with Crippen LogP contribution in [-0.2, 0) is 4.79 Å². The van der Waals surface area contributed by atoms with Gasteiger partial charge in [0.1, 0.15) is 0 Å². The number of hydrogen-bond acceptors (Lipinski definition) is 4. The monoisotopic (exact) mass is 372 g/mol. The topological polar surface area (TPSA) is 80.9 Å². The number of para-hydroxylation sites is 1. The molecule has 4 rings (SSSR count). The van der Waals surface area contributed by atoms with Crippen LogP contribution in [0.1, 0.15) is 37.2 Å². The Morgan fingerprint density at radius 1 is 0.929 bits per heavy atom. The molecule has 0 bridgehead atoms. The lowest BCUT2D eigenvalue weighted by atomic mass is 9.83. The first-order valence-corrected chi connectivity index (χ1v) is 9.74. The summed E-state index contributed by atoms with van der Waals surface area (Å²) in [5, 5.41) is 3.10. The highest BCUT2D eigenvalue weighted by Gasteiger charge is 2.32. The van der Waals surface area contributed by atoms with Gasteiger partial charge >= 0.3 is 0 Å². The number of benzene rings is 2. The van der Waals surface area contributed by atoms with Crippen LogP contribution in [0.15, 0.2) is 67.0 Å². The Hall–Kier alpha value is -3.21. The average molecular weight is 372 g/mol. The molecule has 28 heavy (non-hydrogen) atoms. The van der Waals surface area contributed by atoms with Crippen LogP contribution in [0.5, 0.6) is 0 Å². The molecule has 1 aromatic heterocycles. The lowest BCUT2D eigenvalue weighted by molar-refractivity contribution is -0.118. The van der Waals surface area contributed by atoms with Crippen molar-refractivity contribution in [2.75, 3.05) is 11.1 Å². The maximum absolute atomic E-state index is 13.1. The summed E-state index contributed by atoms with van der Waals surface area (Å²) >= 11 is 0. The minimum Gasteiger partial charge on any atom is -0.368 e. The summed E-state index contributed by atoms with van der Waals surface area (Å²) in [6, 6.07) is 17.8. The SMILES string of the molecule is Nc1ncc(-c2ccc(C(C(=O)Nc3ccccc3)C3CCCC3)cc2)cn1. The van der Waals surface area contributed by atoms with Crippen LogP contribution in [0.4, 0.5) is 11.6 Å². The van der Waals surface area contributed by atoms with E-state index in [9.17, 15) is 4.79 Å². The standard InChI is InChI=1S/C23H24N4O/c24-23-25-14-19(15-26-23)16-10-12-18(13-11-16)21(17-6-4-5-7-17)22(28)27-20-8-2-1-3-9-20/h1-3,8-15,17,21H,4-7H2,(H,27,28)(H2,24,25,26). The quantitative estimate of drug-likeness (QED) is 0.684. The predicted octanol–water partition coefficient (Wildman–Crippen LogP) is 4.64. The van der Waals surface area contributed by atoms with E-state index >= 15 is 0 Å². The maximum Gasteiger partial charge on any atom is 0.232 e. The minimum atomic E-state index is -0.139. The highest BCUT2D eigenvalue weighted by atomic mass is 16.1. The molecule has 2 aromatic carbocycles. The summed E-state index contributed by atoms with van der Waals surface area (Å²) in [5.41, 5.74) is 9.38. The fraction of sp³-hybridized carbons (Fsp3) is 0.261. The normalized spacial score (nSPS) is 15.3. The van der Waals surface area contributed by atoms with Crippen LogP contribution >= 0.6 is 0 Å². The van der Waals surface area contributed by atoms with Crippen molar-refractivity contribution in [3.05, 3.63) is 72.6 Å². The van der Waals surface area contributed by atoms with E-state index in [-0.39, 0.29) is 17.8 Å². The van der Waals surface area contributed by atoms with Gasteiger partial charge in [-0.05, 0) is 42.0 Å². The van der Waals surface area contributed by atoms with Crippen LogP contribution in [-0.4, -0.2) is 15.9 Å². The molecule has 3 aromatic rings. The van der Waals surface area contributed by atoms with Gasteiger partial charge in [-0.25, -0.2) is 9.97 Å². The Bertz CT molecular complexity index is 917. The molecule has 0 saturated heterocycles. The van der Waals surface area contributed by atoms with Crippen molar-refractivity contribution in [1.29, 1.82) is 0 Å².